The molecule has 0 amide bonds. The Hall–Kier alpha value is 0.640. The molecule has 0 bridgehead atoms. The molecule has 90 valence electrons. The van der Waals surface area contributed by atoms with E-state index in [0.29, 0.717) is 0 Å². The predicted octanol–water partition coefficient (Wildman–Crippen LogP) is -7.66. The van der Waals surface area contributed by atoms with Crippen LogP contribution in [0.5, 0.6) is 11.5 Å². The van der Waals surface area contributed by atoms with Crippen molar-refractivity contribution in [3.8, 4) is 11.5 Å². The van der Waals surface area contributed by atoms with E-state index >= 15 is 0 Å². The van der Waals surface area contributed by atoms with Gasteiger partial charge in [-0.1, -0.05) is 5.75 Å². The Morgan fingerprint density at radius 2 is 1.11 bits per heavy atom. The summed E-state index contributed by atoms with van der Waals surface area (Å²) in [6, 6.07) is 0.513. The van der Waals surface area contributed by atoms with Crippen molar-refractivity contribution in [3.63, 3.8) is 0 Å². The van der Waals surface area contributed by atoms with Crippen LogP contribution >= 0.6 is 0 Å². The van der Waals surface area contributed by atoms with Crippen molar-refractivity contribution in [2.45, 2.75) is 9.79 Å². The van der Waals surface area contributed by atoms with Crippen LogP contribution in [0.3, 0.4) is 0 Å². The van der Waals surface area contributed by atoms with Gasteiger partial charge in [-0.3, -0.25) is 9.11 Å². The molecule has 0 atom stereocenters. The topological polar surface area (TPSA) is 155 Å². The molecular formula is C6H4Na2O8S2. The van der Waals surface area contributed by atoms with Crippen LogP contribution in [0.25, 0.3) is 0 Å². The molecule has 0 unspecified atom stereocenters. The smallest absolute Gasteiger partial charge is 0.872 e. The van der Waals surface area contributed by atoms with Gasteiger partial charge in [-0.2, -0.15) is 16.8 Å². The molecule has 8 nitrogen and oxygen atoms in total. The Balaban J connectivity index is 0. The number of hydrogen-bond acceptors (Lipinski definition) is 6. The second kappa shape index (κ2) is 6.88. The average molecular weight is 314 g/mol. The minimum atomic E-state index is -5.03. The number of rotatable bonds is 2. The zero-order valence-corrected chi connectivity index (χ0v) is 14.9. The molecule has 0 aliphatic heterocycles. The molecule has 0 saturated heterocycles. The molecule has 0 aliphatic carbocycles. The van der Waals surface area contributed by atoms with Crippen LogP contribution in [0, 0.1) is 0 Å². The Labute approximate surface area is 147 Å². The fourth-order valence-corrected chi connectivity index (χ4v) is 2.22. The van der Waals surface area contributed by atoms with E-state index in [9.17, 15) is 27.0 Å². The van der Waals surface area contributed by atoms with E-state index in [0.717, 1.165) is 0 Å². The molecule has 0 spiro atoms. The van der Waals surface area contributed by atoms with Gasteiger partial charge in [-0.25, -0.2) is 0 Å². The Morgan fingerprint density at radius 3 is 1.33 bits per heavy atom. The van der Waals surface area contributed by atoms with Crippen LogP contribution in [-0.4, -0.2) is 25.9 Å². The van der Waals surface area contributed by atoms with E-state index in [1.165, 1.54) is 0 Å². The van der Waals surface area contributed by atoms with Gasteiger partial charge in [0, 0.05) is 0 Å². The van der Waals surface area contributed by atoms with Crippen LogP contribution in [0.1, 0.15) is 0 Å². The van der Waals surface area contributed by atoms with Crippen molar-refractivity contribution in [1.82, 2.24) is 0 Å². The van der Waals surface area contributed by atoms with Gasteiger partial charge >= 0.3 is 59.1 Å². The first-order chi connectivity index (χ1) is 7.03. The average Bonchev–Trinajstić information content (AvgIpc) is 2.04. The summed E-state index contributed by atoms with van der Waals surface area (Å²) in [7, 11) is -10.1. The maximum Gasteiger partial charge on any atom is 1.00 e. The fourth-order valence-electron chi connectivity index (χ4n) is 0.936. The first-order valence-corrected chi connectivity index (χ1v) is 6.38. The third-order valence-corrected chi connectivity index (χ3v) is 3.27. The summed E-state index contributed by atoms with van der Waals surface area (Å²) in [4.78, 5) is -2.79. The van der Waals surface area contributed by atoms with Crippen LogP contribution < -0.4 is 69.3 Å². The Kier molecular flexibility index (Phi) is 8.01. The van der Waals surface area contributed by atoms with Gasteiger partial charge in [-0.05, 0) is 12.1 Å². The van der Waals surface area contributed by atoms with Crippen molar-refractivity contribution in [3.05, 3.63) is 12.1 Å². The van der Waals surface area contributed by atoms with Gasteiger partial charge in [0.1, 0.15) is 0 Å². The van der Waals surface area contributed by atoms with Crippen LogP contribution in [0.2, 0.25) is 0 Å². The molecule has 0 saturated carbocycles. The SMILES string of the molecule is O=S(=O)(O)c1cc([O-])cc(S(=O)(=O)O)c1[O-].[Na+].[Na+]. The summed E-state index contributed by atoms with van der Waals surface area (Å²) in [5, 5.41) is 22.1. The molecule has 1 aromatic rings. The maximum atomic E-state index is 11.2. The van der Waals surface area contributed by atoms with E-state index < -0.39 is 41.5 Å². The van der Waals surface area contributed by atoms with Gasteiger partial charge in [0.2, 0.25) is 0 Å². The van der Waals surface area contributed by atoms with Gasteiger partial charge in [-0.15, -0.1) is 5.75 Å². The van der Waals surface area contributed by atoms with Crippen molar-refractivity contribution in [2.24, 2.45) is 0 Å². The Bertz CT molecular complexity index is 583. The van der Waals surface area contributed by atoms with E-state index in [1.54, 1.807) is 0 Å². The standard InChI is InChI=1S/C6H6O8S2.2Na/c7-3-1-4(15(9,10)11)6(8)5(2-3)16(12,13)14;;/h1-2,7-8H,(H,9,10,11)(H,12,13,14);;/q;2*+1/p-2. The monoisotopic (exact) mass is 314 g/mol. The summed E-state index contributed by atoms with van der Waals surface area (Å²) in [6.07, 6.45) is 0. The molecule has 2 N–H and O–H groups in total. The predicted molar refractivity (Wildman–Crippen MR) is 45.0 cm³/mol. The molecular weight excluding hydrogens is 310 g/mol. The zero-order valence-electron chi connectivity index (χ0n) is 9.32. The second-order valence-corrected chi connectivity index (χ2v) is 5.48. The van der Waals surface area contributed by atoms with Gasteiger partial charge in [0.15, 0.2) is 0 Å². The summed E-state index contributed by atoms with van der Waals surface area (Å²) >= 11 is 0. The van der Waals surface area contributed by atoms with Crippen molar-refractivity contribution in [1.29, 1.82) is 0 Å². The summed E-state index contributed by atoms with van der Waals surface area (Å²) in [6.45, 7) is 0. The zero-order chi connectivity index (χ0) is 12.7. The minimum Gasteiger partial charge on any atom is -0.872 e. The van der Waals surface area contributed by atoms with Crippen molar-refractivity contribution in [2.75, 3.05) is 0 Å². The maximum absolute atomic E-state index is 11.2. The third kappa shape index (κ3) is 4.96. The molecule has 1 aromatic carbocycles. The minimum absolute atomic E-state index is 0. The first kappa shape index (κ1) is 20.9. The van der Waals surface area contributed by atoms with E-state index in [-0.39, 0.29) is 71.2 Å². The number of hydrogen-bond donors (Lipinski definition) is 2. The van der Waals surface area contributed by atoms with E-state index in [2.05, 4.69) is 0 Å². The quantitative estimate of drug-likeness (QED) is 0.403. The molecule has 0 aliphatic rings. The van der Waals surface area contributed by atoms with Gasteiger partial charge in [0.05, 0.1) is 9.79 Å². The fraction of sp³-hybridized carbons (Fsp3) is 0. The number of benzene rings is 1. The summed E-state index contributed by atoms with van der Waals surface area (Å²) in [5.41, 5.74) is 0. The molecule has 0 radical (unpaired) electrons. The third-order valence-electron chi connectivity index (χ3n) is 1.55. The molecule has 1 rings (SSSR count). The van der Waals surface area contributed by atoms with Gasteiger partial charge in [0.25, 0.3) is 20.2 Å². The van der Waals surface area contributed by atoms with E-state index in [4.69, 9.17) is 9.11 Å². The second-order valence-electron chi connectivity index (χ2n) is 2.70. The van der Waals surface area contributed by atoms with Crippen LogP contribution in [0.15, 0.2) is 21.9 Å². The summed E-state index contributed by atoms with van der Waals surface area (Å²) < 4.78 is 59.6. The van der Waals surface area contributed by atoms with Crippen LogP contribution in [-0.2, 0) is 20.2 Å². The van der Waals surface area contributed by atoms with E-state index in [1.807, 2.05) is 0 Å². The normalized spacial score (nSPS) is 11.2. The largest absolute Gasteiger partial charge is 1.00 e. The molecule has 12 heteroatoms. The molecule has 0 heterocycles. The van der Waals surface area contributed by atoms with Gasteiger partial charge < -0.3 is 10.2 Å². The molecule has 0 aromatic heterocycles. The van der Waals surface area contributed by atoms with Crippen molar-refractivity contribution >= 4 is 20.2 Å². The molecule has 18 heavy (non-hydrogen) atoms. The molecule has 0 fully saturated rings. The van der Waals surface area contributed by atoms with Crippen molar-refractivity contribution < 1.29 is 95.3 Å². The van der Waals surface area contributed by atoms with Crippen LogP contribution in [0.4, 0.5) is 0 Å². The first-order valence-electron chi connectivity index (χ1n) is 3.50. The summed E-state index contributed by atoms with van der Waals surface area (Å²) in [5.74, 6) is -2.82. The Morgan fingerprint density at radius 1 is 0.833 bits per heavy atom.